The van der Waals surface area contributed by atoms with Crippen molar-refractivity contribution in [2.45, 2.75) is 13.0 Å². The van der Waals surface area contributed by atoms with Gasteiger partial charge in [-0.25, -0.2) is 4.79 Å². The SMILES string of the molecule is CNc1c(C(C)N(C)C)c(=O)oc2ccccc12. The average molecular weight is 246 g/mol. The third-order valence-corrected chi connectivity index (χ3v) is 3.29. The third kappa shape index (κ3) is 1.99. The molecular formula is C14H18N2O2. The van der Waals surface area contributed by atoms with Crippen molar-refractivity contribution in [2.75, 3.05) is 26.5 Å². The normalized spacial score (nSPS) is 12.9. The zero-order valence-corrected chi connectivity index (χ0v) is 11.2. The minimum Gasteiger partial charge on any atom is -0.422 e. The highest BCUT2D eigenvalue weighted by Gasteiger charge is 2.20. The number of fused-ring (bicyclic) bond motifs is 1. The fourth-order valence-electron chi connectivity index (χ4n) is 2.07. The average Bonchev–Trinajstić information content (AvgIpc) is 2.36. The van der Waals surface area contributed by atoms with Crippen molar-refractivity contribution >= 4 is 16.7 Å². The number of hydrogen-bond donors (Lipinski definition) is 1. The van der Waals surface area contributed by atoms with E-state index in [-0.39, 0.29) is 11.7 Å². The molecule has 1 atom stereocenters. The molecule has 0 aliphatic rings. The lowest BCUT2D eigenvalue weighted by Gasteiger charge is -2.22. The molecule has 1 N–H and O–H groups in total. The Morgan fingerprint density at radius 1 is 1.28 bits per heavy atom. The number of benzene rings is 1. The Balaban J connectivity index is 2.80. The molecular weight excluding hydrogens is 228 g/mol. The van der Waals surface area contributed by atoms with Gasteiger partial charge in [-0.05, 0) is 33.2 Å². The van der Waals surface area contributed by atoms with Gasteiger partial charge in [-0.3, -0.25) is 0 Å². The van der Waals surface area contributed by atoms with Crippen LogP contribution in [-0.2, 0) is 0 Å². The van der Waals surface area contributed by atoms with E-state index in [4.69, 9.17) is 4.42 Å². The molecule has 1 heterocycles. The zero-order chi connectivity index (χ0) is 13.3. The Morgan fingerprint density at radius 2 is 1.94 bits per heavy atom. The first-order valence-corrected chi connectivity index (χ1v) is 5.96. The minimum absolute atomic E-state index is 0.00620. The topological polar surface area (TPSA) is 45.5 Å². The molecule has 2 rings (SSSR count). The monoisotopic (exact) mass is 246 g/mol. The van der Waals surface area contributed by atoms with Crippen molar-refractivity contribution in [2.24, 2.45) is 0 Å². The maximum atomic E-state index is 12.1. The summed E-state index contributed by atoms with van der Waals surface area (Å²) in [5, 5.41) is 4.06. The third-order valence-electron chi connectivity index (χ3n) is 3.29. The van der Waals surface area contributed by atoms with Gasteiger partial charge in [0.05, 0.1) is 11.3 Å². The summed E-state index contributed by atoms with van der Waals surface area (Å²) in [5.74, 6) is 0. The number of nitrogens with zero attached hydrogens (tertiary/aromatic N) is 1. The standard InChI is InChI=1S/C14H18N2O2/c1-9(16(3)4)12-13(15-2)10-7-5-6-8-11(10)18-14(12)17/h5-9,15H,1-4H3. The van der Waals surface area contributed by atoms with E-state index in [9.17, 15) is 4.79 Å². The molecule has 1 unspecified atom stereocenters. The van der Waals surface area contributed by atoms with E-state index in [1.165, 1.54) is 0 Å². The van der Waals surface area contributed by atoms with Crippen LogP contribution in [0.25, 0.3) is 11.0 Å². The van der Waals surface area contributed by atoms with Crippen LogP contribution in [0.1, 0.15) is 18.5 Å². The maximum Gasteiger partial charge on any atom is 0.343 e. The molecule has 96 valence electrons. The number of anilines is 1. The van der Waals surface area contributed by atoms with Crippen LogP contribution in [0.15, 0.2) is 33.5 Å². The molecule has 0 aliphatic carbocycles. The first kappa shape index (κ1) is 12.6. The van der Waals surface area contributed by atoms with E-state index < -0.39 is 0 Å². The Bertz CT molecular complexity index is 617. The van der Waals surface area contributed by atoms with E-state index >= 15 is 0 Å². The summed E-state index contributed by atoms with van der Waals surface area (Å²) in [7, 11) is 5.71. The second kappa shape index (κ2) is 4.82. The lowest BCUT2D eigenvalue weighted by atomic mass is 10.0. The molecule has 0 saturated carbocycles. The summed E-state index contributed by atoms with van der Waals surface area (Å²) < 4.78 is 5.38. The van der Waals surface area contributed by atoms with E-state index in [1.807, 2.05) is 57.2 Å². The molecule has 0 amide bonds. The van der Waals surface area contributed by atoms with Crippen LogP contribution in [-0.4, -0.2) is 26.0 Å². The van der Waals surface area contributed by atoms with Gasteiger partial charge >= 0.3 is 5.63 Å². The van der Waals surface area contributed by atoms with Crippen LogP contribution in [0.2, 0.25) is 0 Å². The van der Waals surface area contributed by atoms with Gasteiger partial charge in [0.15, 0.2) is 0 Å². The van der Waals surface area contributed by atoms with Crippen LogP contribution in [0, 0.1) is 0 Å². The van der Waals surface area contributed by atoms with Gasteiger partial charge in [-0.15, -0.1) is 0 Å². The van der Waals surface area contributed by atoms with Gasteiger partial charge in [0, 0.05) is 18.5 Å². The van der Waals surface area contributed by atoms with Crippen molar-refractivity contribution < 1.29 is 4.42 Å². The Labute approximate surface area is 106 Å². The summed E-state index contributed by atoms with van der Waals surface area (Å²) in [6.45, 7) is 1.99. The van der Waals surface area contributed by atoms with Crippen LogP contribution in [0.5, 0.6) is 0 Å². The van der Waals surface area contributed by atoms with Crippen molar-refractivity contribution in [1.82, 2.24) is 4.90 Å². The van der Waals surface area contributed by atoms with Gasteiger partial charge in [0.2, 0.25) is 0 Å². The van der Waals surface area contributed by atoms with Gasteiger partial charge in [-0.1, -0.05) is 12.1 Å². The predicted molar refractivity (Wildman–Crippen MR) is 74.1 cm³/mol. The summed E-state index contributed by atoms with van der Waals surface area (Å²) in [4.78, 5) is 14.1. The van der Waals surface area contributed by atoms with E-state index in [0.717, 1.165) is 11.1 Å². The Morgan fingerprint density at radius 3 is 2.56 bits per heavy atom. The van der Waals surface area contributed by atoms with Gasteiger partial charge < -0.3 is 14.6 Å². The lowest BCUT2D eigenvalue weighted by molar-refractivity contribution is 0.314. The van der Waals surface area contributed by atoms with Crippen molar-refractivity contribution in [1.29, 1.82) is 0 Å². The molecule has 1 aromatic heterocycles. The Hall–Kier alpha value is -1.81. The fraction of sp³-hybridized carbons (Fsp3) is 0.357. The summed E-state index contributed by atoms with van der Waals surface area (Å²) >= 11 is 0. The van der Waals surface area contributed by atoms with Gasteiger partial charge in [-0.2, -0.15) is 0 Å². The van der Waals surface area contributed by atoms with Crippen LogP contribution in [0.3, 0.4) is 0 Å². The summed E-state index contributed by atoms with van der Waals surface area (Å²) in [6, 6.07) is 7.55. The quantitative estimate of drug-likeness (QED) is 0.845. The molecule has 4 nitrogen and oxygen atoms in total. The predicted octanol–water partition coefficient (Wildman–Crippen LogP) is 2.46. The molecule has 1 aromatic carbocycles. The molecule has 0 radical (unpaired) electrons. The van der Waals surface area contributed by atoms with Crippen LogP contribution in [0.4, 0.5) is 5.69 Å². The first-order chi connectivity index (χ1) is 8.56. The van der Waals surface area contributed by atoms with E-state index in [0.29, 0.717) is 11.1 Å². The molecule has 2 aromatic rings. The highest BCUT2D eigenvalue weighted by Crippen LogP contribution is 2.29. The highest BCUT2D eigenvalue weighted by atomic mass is 16.4. The molecule has 0 aliphatic heterocycles. The van der Waals surface area contributed by atoms with Crippen molar-refractivity contribution in [3.63, 3.8) is 0 Å². The number of para-hydroxylation sites is 1. The molecule has 0 bridgehead atoms. The lowest BCUT2D eigenvalue weighted by Crippen LogP contribution is -2.24. The smallest absolute Gasteiger partial charge is 0.343 e. The number of nitrogens with one attached hydrogen (secondary N) is 1. The Kier molecular flexibility index (Phi) is 3.39. The molecule has 0 spiro atoms. The van der Waals surface area contributed by atoms with Crippen LogP contribution < -0.4 is 10.9 Å². The van der Waals surface area contributed by atoms with Crippen molar-refractivity contribution in [3.8, 4) is 0 Å². The van der Waals surface area contributed by atoms with E-state index in [2.05, 4.69) is 5.32 Å². The van der Waals surface area contributed by atoms with Crippen molar-refractivity contribution in [3.05, 3.63) is 40.2 Å². The summed E-state index contributed by atoms with van der Waals surface area (Å²) in [5.41, 5.74) is 1.85. The second-order valence-corrected chi connectivity index (χ2v) is 4.56. The molecule has 0 fully saturated rings. The first-order valence-electron chi connectivity index (χ1n) is 5.96. The molecule has 18 heavy (non-hydrogen) atoms. The number of hydrogen-bond acceptors (Lipinski definition) is 4. The summed E-state index contributed by atoms with van der Waals surface area (Å²) in [6.07, 6.45) is 0. The number of rotatable bonds is 3. The van der Waals surface area contributed by atoms with E-state index in [1.54, 1.807) is 0 Å². The largest absolute Gasteiger partial charge is 0.422 e. The zero-order valence-electron chi connectivity index (χ0n) is 11.2. The molecule has 0 saturated heterocycles. The second-order valence-electron chi connectivity index (χ2n) is 4.56. The highest BCUT2D eigenvalue weighted by molar-refractivity contribution is 5.91. The fourth-order valence-corrected chi connectivity index (χ4v) is 2.07. The maximum absolute atomic E-state index is 12.1. The molecule has 4 heteroatoms. The van der Waals surface area contributed by atoms with Crippen LogP contribution >= 0.6 is 0 Å². The van der Waals surface area contributed by atoms with Gasteiger partial charge in [0.25, 0.3) is 0 Å². The van der Waals surface area contributed by atoms with Gasteiger partial charge in [0.1, 0.15) is 5.58 Å². The minimum atomic E-state index is -0.278.